The van der Waals surface area contributed by atoms with Gasteiger partial charge in [-0.1, -0.05) is 47.7 Å². The molecule has 36 heavy (non-hydrogen) atoms. The summed E-state index contributed by atoms with van der Waals surface area (Å²) >= 11 is 3.60. The highest BCUT2D eigenvalue weighted by molar-refractivity contribution is 14.1. The zero-order valence-corrected chi connectivity index (χ0v) is 22.5. The van der Waals surface area contributed by atoms with E-state index >= 15 is 0 Å². The van der Waals surface area contributed by atoms with Gasteiger partial charge in [0.2, 0.25) is 0 Å². The molecule has 0 N–H and O–H groups in total. The van der Waals surface area contributed by atoms with Crippen LogP contribution in [-0.4, -0.2) is 29.7 Å². The highest BCUT2D eigenvalue weighted by Gasteiger charge is 2.14. The Kier molecular flexibility index (Phi) is 7.24. The molecule has 0 bridgehead atoms. The van der Waals surface area contributed by atoms with E-state index in [2.05, 4.69) is 34.2 Å². The van der Waals surface area contributed by atoms with Crippen molar-refractivity contribution in [2.45, 2.75) is 6.42 Å². The number of benzene rings is 3. The van der Waals surface area contributed by atoms with Crippen LogP contribution in [0, 0.1) is 3.57 Å². The minimum Gasteiger partial charge on any atom is -0.493 e. The van der Waals surface area contributed by atoms with Crippen molar-refractivity contribution in [3.8, 4) is 17.2 Å². The van der Waals surface area contributed by atoms with Gasteiger partial charge in [-0.15, -0.1) is 6.58 Å². The van der Waals surface area contributed by atoms with Crippen molar-refractivity contribution in [1.29, 1.82) is 0 Å². The lowest BCUT2D eigenvalue weighted by Gasteiger charge is -2.15. The summed E-state index contributed by atoms with van der Waals surface area (Å²) in [6.45, 7) is 4.55. The number of imidazole rings is 1. The molecule has 0 aliphatic rings. The third-order valence-corrected chi connectivity index (χ3v) is 7.39. The fraction of sp³-hybridized carbons (Fsp3) is 0.143. The van der Waals surface area contributed by atoms with Crippen LogP contribution in [0.15, 0.2) is 78.1 Å². The maximum absolute atomic E-state index is 13.1. The molecule has 2 heterocycles. The fourth-order valence-corrected chi connectivity index (χ4v) is 5.76. The number of fused-ring (bicyclic) bond motifs is 3. The van der Waals surface area contributed by atoms with E-state index in [1.54, 1.807) is 11.5 Å². The molecule has 0 radical (unpaired) electrons. The molecule has 5 rings (SSSR count). The van der Waals surface area contributed by atoms with E-state index in [0.29, 0.717) is 34.2 Å². The van der Waals surface area contributed by atoms with Crippen molar-refractivity contribution >= 4 is 56.0 Å². The number of rotatable bonds is 9. The van der Waals surface area contributed by atoms with Crippen LogP contribution in [0.4, 0.5) is 0 Å². The molecule has 6 nitrogen and oxygen atoms in total. The third-order valence-electron chi connectivity index (χ3n) is 5.62. The summed E-state index contributed by atoms with van der Waals surface area (Å²) in [5.41, 5.74) is 3.50. The highest BCUT2D eigenvalue weighted by Crippen LogP contribution is 2.34. The largest absolute Gasteiger partial charge is 0.493 e. The van der Waals surface area contributed by atoms with Gasteiger partial charge in [0.05, 0.1) is 26.2 Å². The minimum atomic E-state index is -0.0770. The summed E-state index contributed by atoms with van der Waals surface area (Å²) in [6.07, 6.45) is 4.47. The summed E-state index contributed by atoms with van der Waals surface area (Å²) in [7, 11) is 1.61. The van der Waals surface area contributed by atoms with E-state index in [0.717, 1.165) is 37.9 Å². The van der Waals surface area contributed by atoms with Crippen LogP contribution in [0.3, 0.4) is 0 Å². The van der Waals surface area contributed by atoms with Crippen LogP contribution in [0.25, 0.3) is 22.1 Å². The molecular weight excluding hydrogens is 587 g/mol. The number of ether oxygens (including phenoxy) is 3. The summed E-state index contributed by atoms with van der Waals surface area (Å²) < 4.78 is 20.7. The minimum absolute atomic E-state index is 0.0770. The molecular formula is C28H23IN2O4S. The van der Waals surface area contributed by atoms with Crippen molar-refractivity contribution in [2.75, 3.05) is 20.3 Å². The summed E-state index contributed by atoms with van der Waals surface area (Å²) in [4.78, 5) is 18.4. The molecule has 0 spiro atoms. The highest BCUT2D eigenvalue weighted by atomic mass is 127. The number of methoxy groups -OCH3 is 1. The number of hydrogen-bond donors (Lipinski definition) is 0. The Morgan fingerprint density at radius 2 is 1.83 bits per heavy atom. The van der Waals surface area contributed by atoms with Gasteiger partial charge in [-0.2, -0.15) is 0 Å². The predicted octanol–water partition coefficient (Wildman–Crippen LogP) is 5.26. The number of nitrogens with zero attached hydrogens (tertiary/aromatic N) is 2. The van der Waals surface area contributed by atoms with Crippen LogP contribution in [0.1, 0.15) is 11.1 Å². The van der Waals surface area contributed by atoms with Crippen molar-refractivity contribution < 1.29 is 14.2 Å². The molecule has 0 aliphatic heterocycles. The molecule has 2 aromatic heterocycles. The lowest BCUT2D eigenvalue weighted by molar-refractivity contribution is 0.209. The molecule has 182 valence electrons. The van der Waals surface area contributed by atoms with Crippen LogP contribution in [0.2, 0.25) is 0 Å². The molecule has 0 aliphatic carbocycles. The smallest absolute Gasteiger partial charge is 0.274 e. The zero-order valence-electron chi connectivity index (χ0n) is 19.6. The normalized spacial score (nSPS) is 11.8. The second-order valence-corrected chi connectivity index (χ2v) is 10.1. The standard InChI is InChI=1S/C28H23IN2O4S/c1-3-8-19-9-4-7-12-23(19)34-13-14-35-26-20(29)15-18(16-24(26)33-2)17-25-27(32)31-22-11-6-5-10-21(22)30-28(31)36-25/h3-7,9-12,15-17H,1,8,13-14H2,2H3/b25-17-. The Morgan fingerprint density at radius 3 is 2.67 bits per heavy atom. The van der Waals surface area contributed by atoms with E-state index < -0.39 is 0 Å². The Morgan fingerprint density at radius 1 is 1.06 bits per heavy atom. The van der Waals surface area contributed by atoms with Crippen molar-refractivity contribution in [1.82, 2.24) is 9.38 Å². The van der Waals surface area contributed by atoms with E-state index in [4.69, 9.17) is 14.2 Å². The van der Waals surface area contributed by atoms with Crippen LogP contribution in [0.5, 0.6) is 17.2 Å². The van der Waals surface area contributed by atoms with E-state index in [1.807, 2.05) is 72.8 Å². The average Bonchev–Trinajstić information content (AvgIpc) is 3.39. The third kappa shape index (κ3) is 4.83. The first-order chi connectivity index (χ1) is 17.6. The van der Waals surface area contributed by atoms with Gasteiger partial charge >= 0.3 is 0 Å². The number of halogens is 1. The van der Waals surface area contributed by atoms with Crippen LogP contribution < -0.4 is 24.3 Å². The van der Waals surface area contributed by atoms with Gasteiger partial charge in [0.25, 0.3) is 5.56 Å². The lowest BCUT2D eigenvalue weighted by atomic mass is 10.1. The Bertz CT molecular complexity index is 1670. The van der Waals surface area contributed by atoms with E-state index in [1.165, 1.54) is 11.3 Å². The van der Waals surface area contributed by atoms with Gasteiger partial charge in [-0.3, -0.25) is 4.79 Å². The second kappa shape index (κ2) is 10.7. The number of hydrogen-bond acceptors (Lipinski definition) is 6. The van der Waals surface area contributed by atoms with Crippen molar-refractivity contribution in [3.05, 3.63) is 103 Å². The molecule has 3 aromatic carbocycles. The Balaban J connectivity index is 1.36. The molecule has 0 atom stereocenters. The summed E-state index contributed by atoms with van der Waals surface area (Å²) in [5.74, 6) is 2.07. The molecule has 0 unspecified atom stereocenters. The first-order valence-electron chi connectivity index (χ1n) is 11.3. The molecule has 0 amide bonds. The van der Waals surface area contributed by atoms with E-state index in [-0.39, 0.29) is 5.56 Å². The number of para-hydroxylation sites is 3. The van der Waals surface area contributed by atoms with Crippen molar-refractivity contribution in [2.24, 2.45) is 0 Å². The van der Waals surface area contributed by atoms with Gasteiger partial charge in [0, 0.05) is 0 Å². The maximum atomic E-state index is 13.1. The molecule has 8 heteroatoms. The lowest BCUT2D eigenvalue weighted by Crippen LogP contribution is -2.22. The van der Waals surface area contributed by atoms with Gasteiger partial charge in [-0.25, -0.2) is 9.38 Å². The number of thiazole rings is 1. The van der Waals surface area contributed by atoms with Gasteiger partial charge in [0.15, 0.2) is 16.5 Å². The molecule has 0 fully saturated rings. The van der Waals surface area contributed by atoms with Crippen LogP contribution in [-0.2, 0) is 6.42 Å². The number of allylic oxidation sites excluding steroid dienone is 1. The first kappa shape index (κ1) is 24.3. The van der Waals surface area contributed by atoms with Gasteiger partial charge < -0.3 is 14.2 Å². The summed E-state index contributed by atoms with van der Waals surface area (Å²) in [6, 6.07) is 19.4. The topological polar surface area (TPSA) is 62.1 Å². The monoisotopic (exact) mass is 610 g/mol. The zero-order chi connectivity index (χ0) is 25.1. The Labute approximate surface area is 225 Å². The Hall–Kier alpha value is -3.37. The van der Waals surface area contributed by atoms with Gasteiger partial charge in [-0.05, 0) is 76.5 Å². The first-order valence-corrected chi connectivity index (χ1v) is 13.2. The van der Waals surface area contributed by atoms with Gasteiger partial charge in [0.1, 0.15) is 19.0 Å². The van der Waals surface area contributed by atoms with Crippen molar-refractivity contribution in [3.63, 3.8) is 0 Å². The molecule has 0 saturated carbocycles. The molecule has 0 saturated heterocycles. The van der Waals surface area contributed by atoms with E-state index in [9.17, 15) is 4.79 Å². The quantitative estimate of drug-likeness (QED) is 0.130. The second-order valence-electron chi connectivity index (χ2n) is 7.97. The molecule has 5 aromatic rings. The van der Waals surface area contributed by atoms with Crippen LogP contribution >= 0.6 is 33.9 Å². The SMILES string of the molecule is C=CCc1ccccc1OCCOc1c(I)cc(/C=c2\sc3nc4ccccc4n3c2=O)cc1OC. The average molecular weight is 610 g/mol. The predicted molar refractivity (Wildman–Crippen MR) is 153 cm³/mol. The summed E-state index contributed by atoms with van der Waals surface area (Å²) in [5, 5.41) is 0. The fourth-order valence-electron chi connectivity index (χ4n) is 3.99. The maximum Gasteiger partial charge on any atom is 0.274 e. The number of aromatic nitrogens is 2.